The number of oxazole rings is 1. The lowest BCUT2D eigenvalue weighted by Gasteiger charge is -2.39. The average Bonchev–Trinajstić information content (AvgIpc) is 3.02. The third-order valence-electron chi connectivity index (χ3n) is 5.21. The van der Waals surface area contributed by atoms with E-state index in [2.05, 4.69) is 41.9 Å². The summed E-state index contributed by atoms with van der Waals surface area (Å²) in [4.78, 5) is 7.30. The van der Waals surface area contributed by atoms with Gasteiger partial charge in [0, 0.05) is 24.2 Å². The number of benzene rings is 2. The Kier molecular flexibility index (Phi) is 4.11. The zero-order chi connectivity index (χ0) is 16.5. The molecule has 2 atom stereocenters. The van der Waals surface area contributed by atoms with Crippen molar-refractivity contribution in [2.24, 2.45) is 0 Å². The molecule has 4 rings (SSSR count). The maximum absolute atomic E-state index is 5.92. The number of hydrogen-bond donors (Lipinski definition) is 0. The van der Waals surface area contributed by atoms with E-state index in [0.717, 1.165) is 23.2 Å². The summed E-state index contributed by atoms with van der Waals surface area (Å²) in [5.41, 5.74) is 4.14. The van der Waals surface area contributed by atoms with Crippen LogP contribution in [0.3, 0.4) is 0 Å². The van der Waals surface area contributed by atoms with E-state index < -0.39 is 0 Å². The normalized spacial score (nSPS) is 22.1. The molecule has 1 aliphatic rings. The van der Waals surface area contributed by atoms with Gasteiger partial charge in [0.05, 0.1) is 0 Å². The molecular weight excluding hydrogens is 296 g/mol. The zero-order valence-electron chi connectivity index (χ0n) is 14.4. The van der Waals surface area contributed by atoms with E-state index in [1.165, 1.54) is 24.8 Å². The van der Waals surface area contributed by atoms with Gasteiger partial charge in [-0.15, -0.1) is 0 Å². The van der Waals surface area contributed by atoms with Crippen molar-refractivity contribution < 1.29 is 4.42 Å². The van der Waals surface area contributed by atoms with Gasteiger partial charge in [0.25, 0.3) is 0 Å². The third-order valence-corrected chi connectivity index (χ3v) is 5.21. The Morgan fingerprint density at radius 2 is 1.79 bits per heavy atom. The molecule has 2 heterocycles. The van der Waals surface area contributed by atoms with Gasteiger partial charge in [-0.05, 0) is 56.5 Å². The van der Waals surface area contributed by atoms with E-state index in [4.69, 9.17) is 4.42 Å². The van der Waals surface area contributed by atoms with Crippen LogP contribution in [0.4, 0.5) is 0 Å². The zero-order valence-corrected chi connectivity index (χ0v) is 14.4. The third kappa shape index (κ3) is 2.96. The van der Waals surface area contributed by atoms with Gasteiger partial charge in [0.15, 0.2) is 5.58 Å². The molecule has 0 aliphatic carbocycles. The molecule has 3 aromatic rings. The molecule has 0 N–H and O–H groups in total. The number of rotatable bonds is 3. The molecule has 3 heteroatoms. The lowest BCUT2D eigenvalue weighted by atomic mass is 9.97. The molecule has 2 unspecified atom stereocenters. The second-order valence-electron chi connectivity index (χ2n) is 6.99. The van der Waals surface area contributed by atoms with Crippen LogP contribution in [0.2, 0.25) is 0 Å². The Balaban J connectivity index is 1.61. The minimum atomic E-state index is 0.654. The van der Waals surface area contributed by atoms with E-state index in [-0.39, 0.29) is 0 Å². The van der Waals surface area contributed by atoms with Crippen molar-refractivity contribution in [2.75, 3.05) is 0 Å². The minimum absolute atomic E-state index is 0.654. The van der Waals surface area contributed by atoms with Gasteiger partial charge in [-0.1, -0.05) is 30.7 Å². The van der Waals surface area contributed by atoms with Crippen molar-refractivity contribution >= 4 is 11.1 Å². The highest BCUT2D eigenvalue weighted by Gasteiger charge is 2.24. The average molecular weight is 320 g/mol. The maximum atomic E-state index is 5.92. The molecule has 3 nitrogen and oxygen atoms in total. The van der Waals surface area contributed by atoms with E-state index in [1.807, 2.05) is 30.3 Å². The largest absolute Gasteiger partial charge is 0.436 e. The maximum Gasteiger partial charge on any atom is 0.227 e. The standard InChI is InChI=1S/C21H24N2O/c1-15-7-6-8-16(2)23(15)14-17-11-12-20-19(13-17)22-21(24-20)18-9-4-3-5-10-18/h3-5,9-13,15-16H,6-8,14H2,1-2H3. The molecule has 0 saturated carbocycles. The highest BCUT2D eigenvalue weighted by atomic mass is 16.3. The van der Waals surface area contributed by atoms with Crippen LogP contribution in [0.1, 0.15) is 38.7 Å². The van der Waals surface area contributed by atoms with Gasteiger partial charge in [-0.2, -0.15) is 0 Å². The first-order chi connectivity index (χ1) is 11.7. The SMILES string of the molecule is CC1CCCC(C)N1Cc1ccc2oc(-c3ccccc3)nc2c1. The van der Waals surface area contributed by atoms with Gasteiger partial charge in [-0.25, -0.2) is 4.98 Å². The van der Waals surface area contributed by atoms with E-state index in [1.54, 1.807) is 0 Å². The second-order valence-corrected chi connectivity index (χ2v) is 6.99. The molecule has 0 bridgehead atoms. The number of piperidine rings is 1. The van der Waals surface area contributed by atoms with Crippen LogP contribution >= 0.6 is 0 Å². The summed E-state index contributed by atoms with van der Waals surface area (Å²) in [6, 6.07) is 17.8. The fourth-order valence-electron chi connectivity index (χ4n) is 3.77. The smallest absolute Gasteiger partial charge is 0.227 e. The molecule has 1 saturated heterocycles. The first-order valence-electron chi connectivity index (χ1n) is 8.91. The van der Waals surface area contributed by atoms with Crippen molar-refractivity contribution in [2.45, 2.75) is 51.7 Å². The topological polar surface area (TPSA) is 29.3 Å². The Morgan fingerprint density at radius 3 is 2.54 bits per heavy atom. The Morgan fingerprint density at radius 1 is 1.04 bits per heavy atom. The summed E-state index contributed by atoms with van der Waals surface area (Å²) in [6.45, 7) is 5.68. The fraction of sp³-hybridized carbons (Fsp3) is 0.381. The highest BCUT2D eigenvalue weighted by molar-refractivity contribution is 5.76. The molecule has 2 aromatic carbocycles. The summed E-state index contributed by atoms with van der Waals surface area (Å²) in [5.74, 6) is 0.697. The summed E-state index contributed by atoms with van der Waals surface area (Å²) in [5, 5.41) is 0. The van der Waals surface area contributed by atoms with Crippen LogP contribution in [-0.4, -0.2) is 22.0 Å². The van der Waals surface area contributed by atoms with Crippen LogP contribution < -0.4 is 0 Å². The van der Waals surface area contributed by atoms with Crippen LogP contribution in [0.5, 0.6) is 0 Å². The Hall–Kier alpha value is -2.13. The van der Waals surface area contributed by atoms with E-state index in [0.29, 0.717) is 18.0 Å². The first kappa shape index (κ1) is 15.4. The van der Waals surface area contributed by atoms with Gasteiger partial charge in [0.2, 0.25) is 5.89 Å². The van der Waals surface area contributed by atoms with Gasteiger partial charge in [-0.3, -0.25) is 4.90 Å². The first-order valence-corrected chi connectivity index (χ1v) is 8.91. The number of hydrogen-bond acceptors (Lipinski definition) is 3. The molecule has 1 aromatic heterocycles. The summed E-state index contributed by atoms with van der Waals surface area (Å²) in [7, 11) is 0. The van der Waals surface area contributed by atoms with Gasteiger partial charge < -0.3 is 4.42 Å². The van der Waals surface area contributed by atoms with Crippen LogP contribution in [0, 0.1) is 0 Å². The molecular formula is C21H24N2O. The van der Waals surface area contributed by atoms with Crippen LogP contribution in [0.15, 0.2) is 52.9 Å². The molecule has 0 radical (unpaired) electrons. The fourth-order valence-corrected chi connectivity index (χ4v) is 3.77. The van der Waals surface area contributed by atoms with Crippen molar-refractivity contribution in [3.8, 4) is 11.5 Å². The second kappa shape index (κ2) is 6.40. The monoisotopic (exact) mass is 320 g/mol. The number of aromatic nitrogens is 1. The van der Waals surface area contributed by atoms with E-state index >= 15 is 0 Å². The van der Waals surface area contributed by atoms with Crippen molar-refractivity contribution in [1.82, 2.24) is 9.88 Å². The Labute approximate surface area is 143 Å². The number of likely N-dealkylation sites (tertiary alicyclic amines) is 1. The van der Waals surface area contributed by atoms with Crippen molar-refractivity contribution in [1.29, 1.82) is 0 Å². The summed E-state index contributed by atoms with van der Waals surface area (Å²) in [6.07, 6.45) is 3.95. The summed E-state index contributed by atoms with van der Waals surface area (Å²) < 4.78 is 5.92. The van der Waals surface area contributed by atoms with Crippen molar-refractivity contribution in [3.63, 3.8) is 0 Å². The molecule has 24 heavy (non-hydrogen) atoms. The quantitative estimate of drug-likeness (QED) is 0.659. The molecule has 0 amide bonds. The van der Waals surface area contributed by atoms with Gasteiger partial charge in [0.1, 0.15) is 5.52 Å². The van der Waals surface area contributed by atoms with Gasteiger partial charge >= 0.3 is 0 Å². The Bertz CT molecular complexity index is 814. The minimum Gasteiger partial charge on any atom is -0.436 e. The number of fused-ring (bicyclic) bond motifs is 1. The molecule has 124 valence electrons. The van der Waals surface area contributed by atoms with Crippen molar-refractivity contribution in [3.05, 3.63) is 54.1 Å². The lowest BCUT2D eigenvalue weighted by Crippen LogP contribution is -2.42. The highest BCUT2D eigenvalue weighted by Crippen LogP contribution is 2.28. The lowest BCUT2D eigenvalue weighted by molar-refractivity contribution is 0.0953. The summed E-state index contributed by atoms with van der Waals surface area (Å²) >= 11 is 0. The predicted molar refractivity (Wildman–Crippen MR) is 97.8 cm³/mol. The van der Waals surface area contributed by atoms with Crippen LogP contribution in [-0.2, 0) is 6.54 Å². The molecule has 1 aliphatic heterocycles. The predicted octanol–water partition coefficient (Wildman–Crippen LogP) is 5.26. The van der Waals surface area contributed by atoms with Crippen LogP contribution in [0.25, 0.3) is 22.6 Å². The van der Waals surface area contributed by atoms with E-state index in [9.17, 15) is 0 Å². The molecule has 1 fully saturated rings. The number of nitrogens with zero attached hydrogens (tertiary/aromatic N) is 2. The molecule has 0 spiro atoms.